The van der Waals surface area contributed by atoms with Crippen LogP contribution in [0.3, 0.4) is 0 Å². The van der Waals surface area contributed by atoms with Crippen LogP contribution >= 0.6 is 23.4 Å². The molecule has 1 fully saturated rings. The second kappa shape index (κ2) is 6.55. The van der Waals surface area contributed by atoms with Crippen molar-refractivity contribution in [1.29, 1.82) is 0 Å². The number of benzene rings is 2. The van der Waals surface area contributed by atoms with Gasteiger partial charge in [0.25, 0.3) is 0 Å². The molecular weight excluding hydrogens is 380 g/mol. The van der Waals surface area contributed by atoms with Gasteiger partial charge in [0.1, 0.15) is 5.82 Å². The molecule has 1 N–H and O–H groups in total. The Labute approximate surface area is 157 Å². The number of hydrogen-bond donors (Lipinski definition) is 1. The summed E-state index contributed by atoms with van der Waals surface area (Å²) in [4.78, 5) is 0. The van der Waals surface area contributed by atoms with Gasteiger partial charge in [-0.25, -0.2) is 8.78 Å². The zero-order valence-electron chi connectivity index (χ0n) is 13.7. The Morgan fingerprint density at radius 2 is 1.96 bits per heavy atom. The topological polar surface area (TPSA) is 49.9 Å². The van der Waals surface area contributed by atoms with Gasteiger partial charge in [0.15, 0.2) is 11.5 Å². The summed E-state index contributed by atoms with van der Waals surface area (Å²) in [5.74, 6) is -0.176. The number of azo groups is 1. The molecule has 0 atom stereocenters. The Hall–Kier alpha value is -2.12. The quantitative estimate of drug-likeness (QED) is 0.531. The third-order valence-electron chi connectivity index (χ3n) is 4.37. The van der Waals surface area contributed by atoms with Gasteiger partial charge in [0.05, 0.1) is 17.2 Å². The molecule has 4 nitrogen and oxygen atoms in total. The van der Waals surface area contributed by atoms with Crippen LogP contribution in [0, 0.1) is 18.6 Å². The molecule has 2 heterocycles. The molecule has 26 heavy (non-hydrogen) atoms. The molecule has 3 aromatic rings. The van der Waals surface area contributed by atoms with Gasteiger partial charge in [0, 0.05) is 28.0 Å². The Bertz CT molecular complexity index is 1050. The van der Waals surface area contributed by atoms with Crippen LogP contribution in [0.2, 0.25) is 5.02 Å². The van der Waals surface area contributed by atoms with Crippen LogP contribution in [0.15, 0.2) is 40.6 Å². The van der Waals surface area contributed by atoms with Crippen LogP contribution in [-0.4, -0.2) is 21.2 Å². The maximum absolute atomic E-state index is 14.4. The maximum atomic E-state index is 14.4. The number of aromatic nitrogens is 1. The molecule has 0 aliphatic carbocycles. The second-order valence-corrected chi connectivity index (χ2v) is 7.63. The summed E-state index contributed by atoms with van der Waals surface area (Å²) < 4.78 is 29.6. The van der Waals surface area contributed by atoms with E-state index in [9.17, 15) is 13.9 Å². The standard InChI is InChI=1S/C18H14ClF2N3OS/c1-9-2-3-11(6-14(9)19)22-23-16-13-4-10(20)5-15(21)17(13)24(18(16)25)12-7-26-8-12/h2-6,12,25H,7-8H2,1H3. The fraction of sp³-hybridized carbons (Fsp3) is 0.222. The number of halogens is 3. The van der Waals surface area contributed by atoms with E-state index in [0.717, 1.165) is 29.2 Å². The molecule has 0 amide bonds. The molecule has 1 aliphatic rings. The number of rotatable bonds is 3. The first-order valence-corrected chi connectivity index (χ1v) is 9.46. The van der Waals surface area contributed by atoms with Crippen molar-refractivity contribution in [3.05, 3.63) is 52.6 Å². The first kappa shape index (κ1) is 17.3. The Balaban J connectivity index is 1.87. The number of aromatic hydroxyl groups is 1. The number of thioether (sulfide) groups is 1. The van der Waals surface area contributed by atoms with E-state index < -0.39 is 11.6 Å². The molecule has 1 aliphatic heterocycles. The molecule has 2 aromatic carbocycles. The maximum Gasteiger partial charge on any atom is 0.221 e. The summed E-state index contributed by atoms with van der Waals surface area (Å²) in [7, 11) is 0. The smallest absolute Gasteiger partial charge is 0.221 e. The largest absolute Gasteiger partial charge is 0.493 e. The normalized spacial score (nSPS) is 15.1. The highest BCUT2D eigenvalue weighted by Crippen LogP contribution is 2.46. The Morgan fingerprint density at radius 3 is 2.62 bits per heavy atom. The van der Waals surface area contributed by atoms with E-state index in [2.05, 4.69) is 10.2 Å². The average Bonchev–Trinajstić information content (AvgIpc) is 2.80. The molecule has 0 radical (unpaired) electrons. The third kappa shape index (κ3) is 2.85. The van der Waals surface area contributed by atoms with Crippen molar-refractivity contribution in [2.45, 2.75) is 13.0 Å². The average molecular weight is 394 g/mol. The number of hydrogen-bond acceptors (Lipinski definition) is 4. The summed E-state index contributed by atoms with van der Waals surface area (Å²) >= 11 is 7.77. The van der Waals surface area contributed by atoms with Gasteiger partial charge in [0.2, 0.25) is 5.88 Å². The number of aryl methyl sites for hydroxylation is 1. The monoisotopic (exact) mass is 393 g/mol. The molecule has 1 saturated heterocycles. The minimum absolute atomic E-state index is 0.0481. The van der Waals surface area contributed by atoms with Gasteiger partial charge in [-0.15, -0.1) is 5.11 Å². The molecule has 0 unspecified atom stereocenters. The van der Waals surface area contributed by atoms with E-state index in [1.165, 1.54) is 4.57 Å². The molecular formula is C18H14ClF2N3OS. The van der Waals surface area contributed by atoms with E-state index in [1.807, 2.05) is 6.92 Å². The molecule has 0 bridgehead atoms. The van der Waals surface area contributed by atoms with Gasteiger partial charge in [-0.3, -0.25) is 0 Å². The lowest BCUT2D eigenvalue weighted by Gasteiger charge is -2.27. The molecule has 134 valence electrons. The van der Waals surface area contributed by atoms with Crippen LogP contribution in [0.1, 0.15) is 11.6 Å². The first-order chi connectivity index (χ1) is 12.5. The number of fused-ring (bicyclic) bond motifs is 1. The summed E-state index contributed by atoms with van der Waals surface area (Å²) in [6.45, 7) is 1.87. The lowest BCUT2D eigenvalue weighted by atomic mass is 10.2. The molecule has 4 rings (SSSR count). The van der Waals surface area contributed by atoms with Crippen LogP contribution in [-0.2, 0) is 0 Å². The SMILES string of the molecule is Cc1ccc(N=Nc2c(O)n(C3CSC3)c3c(F)cc(F)cc23)cc1Cl. The van der Waals surface area contributed by atoms with Crippen LogP contribution < -0.4 is 0 Å². The molecule has 0 saturated carbocycles. The predicted molar refractivity (Wildman–Crippen MR) is 100 cm³/mol. The minimum Gasteiger partial charge on any atom is -0.493 e. The Morgan fingerprint density at radius 1 is 1.19 bits per heavy atom. The fourth-order valence-electron chi connectivity index (χ4n) is 2.91. The highest BCUT2D eigenvalue weighted by atomic mass is 35.5. The van der Waals surface area contributed by atoms with Gasteiger partial charge in [-0.1, -0.05) is 17.7 Å². The van der Waals surface area contributed by atoms with Gasteiger partial charge >= 0.3 is 0 Å². The van der Waals surface area contributed by atoms with E-state index >= 15 is 0 Å². The van der Waals surface area contributed by atoms with Crippen LogP contribution in [0.25, 0.3) is 10.9 Å². The van der Waals surface area contributed by atoms with Gasteiger partial charge in [-0.2, -0.15) is 16.9 Å². The highest BCUT2D eigenvalue weighted by Gasteiger charge is 2.29. The predicted octanol–water partition coefficient (Wildman–Crippen LogP) is 6.29. The zero-order valence-corrected chi connectivity index (χ0v) is 15.3. The van der Waals surface area contributed by atoms with E-state index in [4.69, 9.17) is 11.6 Å². The van der Waals surface area contributed by atoms with E-state index in [-0.39, 0.29) is 28.5 Å². The summed E-state index contributed by atoms with van der Waals surface area (Å²) in [6.07, 6.45) is 0. The molecule has 1 aromatic heterocycles. The van der Waals surface area contributed by atoms with Crippen molar-refractivity contribution >= 4 is 45.6 Å². The summed E-state index contributed by atoms with van der Waals surface area (Å²) in [5.41, 5.74) is 1.57. The summed E-state index contributed by atoms with van der Waals surface area (Å²) in [6, 6.07) is 7.08. The van der Waals surface area contributed by atoms with Crippen molar-refractivity contribution in [2.75, 3.05) is 11.5 Å². The highest BCUT2D eigenvalue weighted by molar-refractivity contribution is 8.00. The molecule has 8 heteroatoms. The van der Waals surface area contributed by atoms with Crippen LogP contribution in [0.5, 0.6) is 5.88 Å². The lowest BCUT2D eigenvalue weighted by molar-refractivity contribution is 0.404. The van der Waals surface area contributed by atoms with Gasteiger partial charge in [-0.05, 0) is 30.7 Å². The second-order valence-electron chi connectivity index (χ2n) is 6.15. The Kier molecular flexibility index (Phi) is 4.36. The van der Waals surface area contributed by atoms with Crippen molar-refractivity contribution in [1.82, 2.24) is 4.57 Å². The van der Waals surface area contributed by atoms with Crippen LogP contribution in [0.4, 0.5) is 20.2 Å². The van der Waals surface area contributed by atoms with Crippen molar-refractivity contribution in [3.63, 3.8) is 0 Å². The first-order valence-electron chi connectivity index (χ1n) is 7.93. The zero-order chi connectivity index (χ0) is 18.4. The molecule has 0 spiro atoms. The minimum atomic E-state index is -0.732. The van der Waals surface area contributed by atoms with Crippen molar-refractivity contribution < 1.29 is 13.9 Å². The number of nitrogens with zero attached hydrogens (tertiary/aromatic N) is 3. The fourth-order valence-corrected chi connectivity index (χ4v) is 3.83. The van der Waals surface area contributed by atoms with E-state index in [0.29, 0.717) is 10.7 Å². The van der Waals surface area contributed by atoms with Crippen molar-refractivity contribution in [2.24, 2.45) is 10.2 Å². The summed E-state index contributed by atoms with van der Waals surface area (Å²) in [5, 5.41) is 19.5. The van der Waals surface area contributed by atoms with E-state index in [1.54, 1.807) is 30.0 Å². The lowest BCUT2D eigenvalue weighted by Crippen LogP contribution is -2.22. The van der Waals surface area contributed by atoms with Crippen molar-refractivity contribution in [3.8, 4) is 5.88 Å². The third-order valence-corrected chi connectivity index (χ3v) is 6.02. The van der Waals surface area contributed by atoms with Gasteiger partial charge < -0.3 is 9.67 Å².